The Balaban J connectivity index is 1.78. The van der Waals surface area contributed by atoms with Gasteiger partial charge in [-0.25, -0.2) is 5.01 Å². The maximum Gasteiger partial charge on any atom is 0.0519 e. The number of nitrogens with zero attached hydrogens (tertiary/aromatic N) is 1. The summed E-state index contributed by atoms with van der Waals surface area (Å²) in [7, 11) is 0. The quantitative estimate of drug-likeness (QED) is 0.887. The van der Waals surface area contributed by atoms with Crippen LogP contribution in [0, 0.1) is 0 Å². The van der Waals surface area contributed by atoms with Gasteiger partial charge in [0.05, 0.1) is 6.04 Å². The van der Waals surface area contributed by atoms with Gasteiger partial charge in [-0.2, -0.15) is 0 Å². The molecule has 0 radical (unpaired) electrons. The molecule has 0 aliphatic carbocycles. The number of fused-ring (bicyclic) bond motifs is 1. The number of hydrogen-bond acceptors (Lipinski definition) is 2. The van der Waals surface area contributed by atoms with Crippen LogP contribution in [0.5, 0.6) is 0 Å². The van der Waals surface area contributed by atoms with Crippen LogP contribution in [0.2, 0.25) is 0 Å². The van der Waals surface area contributed by atoms with Gasteiger partial charge < -0.3 is 5.43 Å². The molecule has 0 aromatic heterocycles. The van der Waals surface area contributed by atoms with E-state index in [1.165, 1.54) is 11.1 Å². The van der Waals surface area contributed by atoms with E-state index in [2.05, 4.69) is 81.8 Å². The molecule has 3 rings (SSSR count). The second-order valence-electron chi connectivity index (χ2n) is 4.62. The fourth-order valence-electron chi connectivity index (χ4n) is 2.40. The van der Waals surface area contributed by atoms with Crippen molar-refractivity contribution in [3.05, 3.63) is 64.1 Å². The summed E-state index contributed by atoms with van der Waals surface area (Å²) in [5.41, 5.74) is 7.43. The van der Waals surface area contributed by atoms with Gasteiger partial charge in [-0.3, -0.25) is 0 Å². The molecule has 2 aromatic rings. The first-order chi connectivity index (χ1) is 8.74. The van der Waals surface area contributed by atoms with Crippen LogP contribution in [0.15, 0.2) is 53.0 Å². The standard InChI is InChI=1S/C15H15BrN2/c1-11-15-5-3-2-4-12(15)10-18(11)17-14-8-6-13(16)7-9-14/h2-9,11,17H,10H2,1H3. The number of benzene rings is 2. The Morgan fingerprint density at radius 3 is 2.56 bits per heavy atom. The molecule has 92 valence electrons. The Morgan fingerprint density at radius 2 is 1.83 bits per heavy atom. The molecule has 1 N–H and O–H groups in total. The van der Waals surface area contributed by atoms with Gasteiger partial charge in [0.25, 0.3) is 0 Å². The highest BCUT2D eigenvalue weighted by Gasteiger charge is 2.25. The van der Waals surface area contributed by atoms with Crippen LogP contribution in [-0.2, 0) is 6.54 Å². The van der Waals surface area contributed by atoms with Crippen LogP contribution in [-0.4, -0.2) is 5.01 Å². The fourth-order valence-corrected chi connectivity index (χ4v) is 2.67. The van der Waals surface area contributed by atoms with Crippen LogP contribution in [0.1, 0.15) is 24.1 Å². The smallest absolute Gasteiger partial charge is 0.0519 e. The zero-order chi connectivity index (χ0) is 12.5. The van der Waals surface area contributed by atoms with Crippen LogP contribution in [0.3, 0.4) is 0 Å². The minimum atomic E-state index is 0.407. The summed E-state index contributed by atoms with van der Waals surface area (Å²) in [6.07, 6.45) is 0. The summed E-state index contributed by atoms with van der Waals surface area (Å²) in [5, 5.41) is 2.27. The zero-order valence-corrected chi connectivity index (χ0v) is 11.8. The van der Waals surface area contributed by atoms with Crippen molar-refractivity contribution in [1.82, 2.24) is 5.01 Å². The van der Waals surface area contributed by atoms with Gasteiger partial charge in [-0.05, 0) is 42.3 Å². The average molecular weight is 303 g/mol. The van der Waals surface area contributed by atoms with E-state index in [9.17, 15) is 0 Å². The van der Waals surface area contributed by atoms with E-state index < -0.39 is 0 Å². The Hall–Kier alpha value is -1.32. The molecule has 1 unspecified atom stereocenters. The molecule has 0 fully saturated rings. The molecule has 0 saturated carbocycles. The molecule has 3 heteroatoms. The lowest BCUT2D eigenvalue weighted by Crippen LogP contribution is -2.26. The minimum Gasteiger partial charge on any atom is -0.318 e. The summed E-state index contributed by atoms with van der Waals surface area (Å²) in [6.45, 7) is 3.19. The van der Waals surface area contributed by atoms with Crippen LogP contribution >= 0.6 is 15.9 Å². The first-order valence-electron chi connectivity index (χ1n) is 6.11. The van der Waals surface area contributed by atoms with E-state index in [1.807, 2.05) is 0 Å². The lowest BCUT2D eigenvalue weighted by molar-refractivity contribution is 0.282. The average Bonchev–Trinajstić information content (AvgIpc) is 2.70. The summed E-state index contributed by atoms with van der Waals surface area (Å²) in [6, 6.07) is 17.3. The van der Waals surface area contributed by atoms with Crippen molar-refractivity contribution >= 4 is 21.6 Å². The van der Waals surface area contributed by atoms with Crippen molar-refractivity contribution < 1.29 is 0 Å². The second-order valence-corrected chi connectivity index (χ2v) is 5.54. The monoisotopic (exact) mass is 302 g/mol. The number of hydrazine groups is 1. The van der Waals surface area contributed by atoms with Crippen molar-refractivity contribution in [3.8, 4) is 0 Å². The molecular weight excluding hydrogens is 288 g/mol. The predicted octanol–water partition coefficient (Wildman–Crippen LogP) is 4.35. The lowest BCUT2D eigenvalue weighted by atomic mass is 10.1. The Morgan fingerprint density at radius 1 is 1.11 bits per heavy atom. The third-order valence-electron chi connectivity index (χ3n) is 3.43. The van der Waals surface area contributed by atoms with E-state index in [1.54, 1.807) is 0 Å². The van der Waals surface area contributed by atoms with Gasteiger partial charge in [0.1, 0.15) is 0 Å². The highest BCUT2D eigenvalue weighted by Crippen LogP contribution is 2.33. The van der Waals surface area contributed by atoms with Crippen molar-refractivity contribution in [2.45, 2.75) is 19.5 Å². The van der Waals surface area contributed by atoms with E-state index >= 15 is 0 Å². The Kier molecular flexibility index (Phi) is 3.10. The second kappa shape index (κ2) is 4.75. The number of halogens is 1. The van der Waals surface area contributed by atoms with Crippen molar-refractivity contribution in [2.75, 3.05) is 5.43 Å². The largest absolute Gasteiger partial charge is 0.318 e. The summed E-state index contributed by atoms with van der Waals surface area (Å²) < 4.78 is 1.10. The van der Waals surface area contributed by atoms with E-state index in [-0.39, 0.29) is 0 Å². The van der Waals surface area contributed by atoms with E-state index in [4.69, 9.17) is 0 Å². The normalized spacial score (nSPS) is 18.7. The Labute approximate surface area is 116 Å². The van der Waals surface area contributed by atoms with E-state index in [0.717, 1.165) is 16.7 Å². The third kappa shape index (κ3) is 2.16. The molecule has 1 atom stereocenters. The fraction of sp³-hybridized carbons (Fsp3) is 0.200. The zero-order valence-electron chi connectivity index (χ0n) is 10.2. The summed E-state index contributed by atoms with van der Waals surface area (Å²) in [4.78, 5) is 0. The van der Waals surface area contributed by atoms with Crippen molar-refractivity contribution in [3.63, 3.8) is 0 Å². The topological polar surface area (TPSA) is 15.3 Å². The molecule has 2 nitrogen and oxygen atoms in total. The minimum absolute atomic E-state index is 0.407. The molecule has 1 aliphatic rings. The van der Waals surface area contributed by atoms with Gasteiger partial charge in [0.15, 0.2) is 0 Å². The molecule has 1 heterocycles. The summed E-state index contributed by atoms with van der Waals surface area (Å²) >= 11 is 3.45. The highest BCUT2D eigenvalue weighted by molar-refractivity contribution is 9.10. The van der Waals surface area contributed by atoms with Crippen molar-refractivity contribution in [2.24, 2.45) is 0 Å². The first-order valence-corrected chi connectivity index (χ1v) is 6.90. The lowest BCUT2D eigenvalue weighted by Gasteiger charge is -2.23. The molecule has 1 aliphatic heterocycles. The SMILES string of the molecule is CC1c2ccccc2CN1Nc1ccc(Br)cc1. The van der Waals surface area contributed by atoms with Gasteiger partial charge >= 0.3 is 0 Å². The maximum absolute atomic E-state index is 3.48. The van der Waals surface area contributed by atoms with Gasteiger partial charge in [-0.1, -0.05) is 40.2 Å². The van der Waals surface area contributed by atoms with E-state index in [0.29, 0.717) is 6.04 Å². The Bertz CT molecular complexity index is 551. The first kappa shape index (κ1) is 11.8. The number of rotatable bonds is 2. The number of hydrogen-bond donors (Lipinski definition) is 1. The molecule has 0 spiro atoms. The summed E-state index contributed by atoms with van der Waals surface area (Å²) in [5.74, 6) is 0. The van der Waals surface area contributed by atoms with Gasteiger partial charge in [-0.15, -0.1) is 0 Å². The molecule has 0 amide bonds. The van der Waals surface area contributed by atoms with Crippen LogP contribution < -0.4 is 5.43 Å². The predicted molar refractivity (Wildman–Crippen MR) is 78.2 cm³/mol. The molecule has 18 heavy (non-hydrogen) atoms. The van der Waals surface area contributed by atoms with Gasteiger partial charge in [0.2, 0.25) is 0 Å². The molecular formula is C15H15BrN2. The van der Waals surface area contributed by atoms with Gasteiger partial charge in [0, 0.05) is 16.7 Å². The third-order valence-corrected chi connectivity index (χ3v) is 3.96. The number of anilines is 1. The molecule has 0 bridgehead atoms. The maximum atomic E-state index is 3.48. The molecule has 2 aromatic carbocycles. The number of nitrogens with one attached hydrogen (secondary N) is 1. The van der Waals surface area contributed by atoms with Crippen molar-refractivity contribution in [1.29, 1.82) is 0 Å². The highest BCUT2D eigenvalue weighted by atomic mass is 79.9. The molecule has 0 saturated heterocycles. The van der Waals surface area contributed by atoms with Crippen LogP contribution in [0.25, 0.3) is 0 Å². The van der Waals surface area contributed by atoms with Crippen LogP contribution in [0.4, 0.5) is 5.69 Å².